The van der Waals surface area contributed by atoms with E-state index >= 15 is 0 Å². The lowest BCUT2D eigenvalue weighted by atomic mass is 9.49. The van der Waals surface area contributed by atoms with E-state index in [1.54, 1.807) is 0 Å². The van der Waals surface area contributed by atoms with Crippen molar-refractivity contribution in [3.05, 3.63) is 5.82 Å². The van der Waals surface area contributed by atoms with Crippen LogP contribution in [0.15, 0.2) is 4.52 Å². The number of hydrogen-bond donors (Lipinski definition) is 1. The molecular formula is C13H19N3O. The topological polar surface area (TPSA) is 64.9 Å². The molecule has 2 N–H and O–H groups in total. The molecular weight excluding hydrogens is 214 g/mol. The average molecular weight is 233 g/mol. The third-order valence-corrected chi connectivity index (χ3v) is 5.18. The molecule has 0 radical (unpaired) electrons. The van der Waals surface area contributed by atoms with Crippen LogP contribution in [-0.4, -0.2) is 10.1 Å². The van der Waals surface area contributed by atoms with Crippen molar-refractivity contribution in [3.63, 3.8) is 0 Å². The Morgan fingerprint density at radius 3 is 2.18 bits per heavy atom. The van der Waals surface area contributed by atoms with Gasteiger partial charge in [0.2, 0.25) is 0 Å². The zero-order chi connectivity index (χ0) is 11.5. The first-order chi connectivity index (χ1) is 8.21. The van der Waals surface area contributed by atoms with Crippen LogP contribution in [-0.2, 0) is 6.42 Å². The predicted octanol–water partition coefficient (Wildman–Crippen LogP) is 2.41. The smallest absolute Gasteiger partial charge is 0.318 e. The number of aromatic nitrogens is 2. The van der Waals surface area contributed by atoms with Gasteiger partial charge in [0.15, 0.2) is 5.82 Å². The van der Waals surface area contributed by atoms with Gasteiger partial charge >= 0.3 is 6.01 Å². The van der Waals surface area contributed by atoms with E-state index in [0.717, 1.165) is 30.0 Å². The van der Waals surface area contributed by atoms with Crippen LogP contribution in [0.1, 0.15) is 44.3 Å². The quantitative estimate of drug-likeness (QED) is 0.852. The molecule has 4 aliphatic rings. The van der Waals surface area contributed by atoms with Gasteiger partial charge in [-0.2, -0.15) is 4.98 Å². The number of rotatable bonds is 2. The van der Waals surface area contributed by atoms with Gasteiger partial charge in [-0.1, -0.05) is 5.16 Å². The first kappa shape index (κ1) is 9.92. The molecule has 1 aromatic heterocycles. The van der Waals surface area contributed by atoms with E-state index in [-0.39, 0.29) is 6.01 Å². The number of anilines is 1. The second kappa shape index (κ2) is 3.24. The normalized spacial score (nSPS) is 43.2. The molecule has 4 bridgehead atoms. The van der Waals surface area contributed by atoms with Gasteiger partial charge in [0, 0.05) is 6.42 Å². The minimum Gasteiger partial charge on any atom is -0.351 e. The van der Waals surface area contributed by atoms with Gasteiger partial charge in [-0.15, -0.1) is 0 Å². The SMILES string of the molecule is Nc1nc(CC23CC4CC(CC(C4)C2)C3)no1. The summed E-state index contributed by atoms with van der Waals surface area (Å²) in [6.45, 7) is 0. The molecule has 1 aromatic rings. The van der Waals surface area contributed by atoms with Crippen LogP contribution in [0.4, 0.5) is 6.01 Å². The molecule has 4 aliphatic carbocycles. The fraction of sp³-hybridized carbons (Fsp3) is 0.846. The van der Waals surface area contributed by atoms with Crippen molar-refractivity contribution in [2.24, 2.45) is 23.2 Å². The molecule has 4 fully saturated rings. The highest BCUT2D eigenvalue weighted by atomic mass is 16.5. The Kier molecular flexibility index (Phi) is 1.89. The van der Waals surface area contributed by atoms with E-state index in [0.29, 0.717) is 5.41 Å². The minimum absolute atomic E-state index is 0.213. The zero-order valence-corrected chi connectivity index (χ0v) is 10.1. The Balaban J connectivity index is 1.60. The van der Waals surface area contributed by atoms with Crippen molar-refractivity contribution in [2.45, 2.75) is 44.9 Å². The van der Waals surface area contributed by atoms with E-state index in [2.05, 4.69) is 10.1 Å². The number of nitrogens with two attached hydrogens (primary N) is 1. The van der Waals surface area contributed by atoms with E-state index in [9.17, 15) is 0 Å². The predicted molar refractivity (Wildman–Crippen MR) is 63.0 cm³/mol. The first-order valence-electron chi connectivity index (χ1n) is 6.79. The fourth-order valence-electron chi connectivity index (χ4n) is 5.18. The Labute approximate surface area is 101 Å². The molecule has 17 heavy (non-hydrogen) atoms. The Bertz CT molecular complexity index is 404. The number of hydrogen-bond acceptors (Lipinski definition) is 4. The average Bonchev–Trinajstić information content (AvgIpc) is 2.60. The van der Waals surface area contributed by atoms with Gasteiger partial charge in [-0.05, 0) is 61.7 Å². The maximum absolute atomic E-state index is 5.51. The van der Waals surface area contributed by atoms with Crippen LogP contribution in [0.25, 0.3) is 0 Å². The molecule has 0 aliphatic heterocycles. The van der Waals surface area contributed by atoms with E-state index in [1.807, 2.05) is 0 Å². The molecule has 5 rings (SSSR count). The lowest BCUT2D eigenvalue weighted by Crippen LogP contribution is -2.47. The molecule has 0 unspecified atom stereocenters. The highest BCUT2D eigenvalue weighted by Crippen LogP contribution is 2.60. The van der Waals surface area contributed by atoms with E-state index < -0.39 is 0 Å². The summed E-state index contributed by atoms with van der Waals surface area (Å²) < 4.78 is 4.90. The third-order valence-electron chi connectivity index (χ3n) is 5.18. The van der Waals surface area contributed by atoms with Gasteiger partial charge in [0.05, 0.1) is 0 Å². The van der Waals surface area contributed by atoms with Gasteiger partial charge in [0.25, 0.3) is 0 Å². The maximum atomic E-state index is 5.51. The van der Waals surface area contributed by atoms with Crippen LogP contribution in [0.2, 0.25) is 0 Å². The summed E-state index contributed by atoms with van der Waals surface area (Å²) in [5, 5.41) is 3.98. The molecule has 0 amide bonds. The van der Waals surface area contributed by atoms with Gasteiger partial charge in [-0.25, -0.2) is 0 Å². The van der Waals surface area contributed by atoms with Crippen molar-refractivity contribution in [3.8, 4) is 0 Å². The molecule has 4 saturated carbocycles. The van der Waals surface area contributed by atoms with Gasteiger partial charge in [0.1, 0.15) is 0 Å². The lowest BCUT2D eigenvalue weighted by Gasteiger charge is -2.56. The Hall–Kier alpha value is -1.06. The van der Waals surface area contributed by atoms with Crippen molar-refractivity contribution in [1.29, 1.82) is 0 Å². The largest absolute Gasteiger partial charge is 0.351 e. The molecule has 0 spiro atoms. The van der Waals surface area contributed by atoms with E-state index in [1.165, 1.54) is 38.5 Å². The summed E-state index contributed by atoms with van der Waals surface area (Å²) in [7, 11) is 0. The fourth-order valence-corrected chi connectivity index (χ4v) is 5.18. The highest BCUT2D eigenvalue weighted by Gasteiger charge is 2.51. The van der Waals surface area contributed by atoms with Crippen molar-refractivity contribution in [1.82, 2.24) is 10.1 Å². The number of nitrogen functional groups attached to an aromatic ring is 1. The molecule has 0 atom stereocenters. The standard InChI is InChI=1S/C13H19N3O/c14-12-15-11(16-17-12)7-13-4-8-1-9(5-13)3-10(2-8)6-13/h8-10H,1-7H2,(H2,14,15,16). The number of nitrogens with zero attached hydrogens (tertiary/aromatic N) is 2. The summed E-state index contributed by atoms with van der Waals surface area (Å²) in [6, 6.07) is 0.213. The molecule has 92 valence electrons. The Morgan fingerprint density at radius 1 is 1.12 bits per heavy atom. The van der Waals surface area contributed by atoms with Crippen LogP contribution < -0.4 is 5.73 Å². The molecule has 4 nitrogen and oxygen atoms in total. The van der Waals surface area contributed by atoms with E-state index in [4.69, 9.17) is 10.3 Å². The van der Waals surface area contributed by atoms with Crippen molar-refractivity contribution in [2.75, 3.05) is 5.73 Å². The van der Waals surface area contributed by atoms with Gasteiger partial charge < -0.3 is 10.3 Å². The molecule has 1 heterocycles. The minimum atomic E-state index is 0.213. The van der Waals surface area contributed by atoms with Crippen LogP contribution in [0, 0.1) is 23.2 Å². The Morgan fingerprint density at radius 2 is 1.71 bits per heavy atom. The van der Waals surface area contributed by atoms with Crippen molar-refractivity contribution < 1.29 is 4.52 Å². The summed E-state index contributed by atoms with van der Waals surface area (Å²) in [5.74, 6) is 3.76. The van der Waals surface area contributed by atoms with Crippen molar-refractivity contribution >= 4 is 6.01 Å². The van der Waals surface area contributed by atoms with Crippen LogP contribution in [0.5, 0.6) is 0 Å². The summed E-state index contributed by atoms with van der Waals surface area (Å²) in [6.07, 6.45) is 9.57. The van der Waals surface area contributed by atoms with Crippen LogP contribution >= 0.6 is 0 Å². The zero-order valence-electron chi connectivity index (χ0n) is 10.1. The summed E-state index contributed by atoms with van der Waals surface area (Å²) in [5.41, 5.74) is 5.98. The summed E-state index contributed by atoms with van der Waals surface area (Å²) in [4.78, 5) is 4.19. The molecule has 4 heteroatoms. The first-order valence-corrected chi connectivity index (χ1v) is 6.79. The van der Waals surface area contributed by atoms with Crippen LogP contribution in [0.3, 0.4) is 0 Å². The highest BCUT2D eigenvalue weighted by molar-refractivity contribution is 5.10. The second-order valence-electron chi connectivity index (χ2n) is 6.64. The lowest BCUT2D eigenvalue weighted by molar-refractivity contribution is -0.0533. The molecule has 0 aromatic carbocycles. The summed E-state index contributed by atoms with van der Waals surface area (Å²) >= 11 is 0. The monoisotopic (exact) mass is 233 g/mol. The third kappa shape index (κ3) is 1.57. The molecule has 0 saturated heterocycles. The second-order valence-corrected chi connectivity index (χ2v) is 6.64. The maximum Gasteiger partial charge on any atom is 0.318 e. The van der Waals surface area contributed by atoms with Gasteiger partial charge in [-0.3, -0.25) is 0 Å².